The van der Waals surface area contributed by atoms with E-state index in [4.69, 9.17) is 9.57 Å². The van der Waals surface area contributed by atoms with Gasteiger partial charge in [-0.3, -0.25) is 9.63 Å². The van der Waals surface area contributed by atoms with Gasteiger partial charge in [0.1, 0.15) is 0 Å². The van der Waals surface area contributed by atoms with Crippen LogP contribution in [0, 0.1) is 0 Å². The molecule has 0 spiro atoms. The predicted molar refractivity (Wildman–Crippen MR) is 50.1 cm³/mol. The van der Waals surface area contributed by atoms with Gasteiger partial charge >= 0.3 is 5.97 Å². The number of esters is 1. The predicted octanol–water partition coefficient (Wildman–Crippen LogP) is 1.26. The van der Waals surface area contributed by atoms with E-state index in [-0.39, 0.29) is 11.6 Å². The standard InChI is InChI=1S/C9H19NO3/c1-5-12-8(11)6-7-10-13-9(2,3)4/h10H,5-7H2,1-4H3. The molecule has 0 aromatic carbocycles. The summed E-state index contributed by atoms with van der Waals surface area (Å²) in [5.41, 5.74) is 2.49. The minimum atomic E-state index is -0.228. The molecule has 0 atom stereocenters. The van der Waals surface area contributed by atoms with E-state index < -0.39 is 0 Å². The molecule has 0 aliphatic heterocycles. The largest absolute Gasteiger partial charge is 0.466 e. The molecular formula is C9H19NO3. The Bertz CT molecular complexity index is 151. The number of nitrogens with one attached hydrogen (secondary N) is 1. The third kappa shape index (κ3) is 9.30. The van der Waals surface area contributed by atoms with Crippen molar-refractivity contribution in [2.45, 2.75) is 39.7 Å². The highest BCUT2D eigenvalue weighted by atomic mass is 16.7. The summed E-state index contributed by atoms with van der Waals surface area (Å²) in [4.78, 5) is 16.0. The fourth-order valence-corrected chi connectivity index (χ4v) is 0.654. The lowest BCUT2D eigenvalue weighted by Crippen LogP contribution is -2.30. The summed E-state index contributed by atoms with van der Waals surface area (Å²) in [6.45, 7) is 8.51. The van der Waals surface area contributed by atoms with Crippen molar-refractivity contribution in [2.75, 3.05) is 13.2 Å². The van der Waals surface area contributed by atoms with Gasteiger partial charge in [-0.25, -0.2) is 5.48 Å². The number of hydroxylamine groups is 1. The van der Waals surface area contributed by atoms with Gasteiger partial charge in [-0.15, -0.1) is 0 Å². The topological polar surface area (TPSA) is 47.6 Å². The highest BCUT2D eigenvalue weighted by Gasteiger charge is 2.10. The van der Waals surface area contributed by atoms with E-state index in [1.165, 1.54) is 0 Å². The molecule has 0 amide bonds. The van der Waals surface area contributed by atoms with Crippen LogP contribution in [-0.2, 0) is 14.4 Å². The third-order valence-electron chi connectivity index (χ3n) is 1.11. The SMILES string of the molecule is CCOC(=O)CCNOC(C)(C)C. The van der Waals surface area contributed by atoms with Gasteiger partial charge in [0.25, 0.3) is 0 Å². The second-order valence-electron chi connectivity index (χ2n) is 3.66. The summed E-state index contributed by atoms with van der Waals surface area (Å²) >= 11 is 0. The Morgan fingerprint density at radius 1 is 1.38 bits per heavy atom. The molecule has 0 fully saturated rings. The van der Waals surface area contributed by atoms with Crippen molar-refractivity contribution in [3.8, 4) is 0 Å². The van der Waals surface area contributed by atoms with E-state index in [0.717, 1.165) is 0 Å². The van der Waals surface area contributed by atoms with Gasteiger partial charge in [0, 0.05) is 6.54 Å². The van der Waals surface area contributed by atoms with E-state index >= 15 is 0 Å². The minimum absolute atomic E-state index is 0.201. The fraction of sp³-hybridized carbons (Fsp3) is 0.889. The maximum Gasteiger partial charge on any atom is 0.307 e. The molecule has 0 aliphatic carbocycles. The molecule has 0 saturated heterocycles. The Morgan fingerprint density at radius 2 is 2.00 bits per heavy atom. The van der Waals surface area contributed by atoms with Crippen LogP contribution in [0.3, 0.4) is 0 Å². The number of rotatable bonds is 5. The minimum Gasteiger partial charge on any atom is -0.466 e. The van der Waals surface area contributed by atoms with Crippen molar-refractivity contribution in [1.29, 1.82) is 0 Å². The first-order valence-corrected chi connectivity index (χ1v) is 4.52. The Morgan fingerprint density at radius 3 is 2.46 bits per heavy atom. The summed E-state index contributed by atoms with van der Waals surface area (Å²) < 4.78 is 4.74. The molecule has 0 unspecified atom stereocenters. The van der Waals surface area contributed by atoms with Crippen molar-refractivity contribution in [3.63, 3.8) is 0 Å². The molecule has 13 heavy (non-hydrogen) atoms. The maximum atomic E-state index is 10.8. The fourth-order valence-electron chi connectivity index (χ4n) is 0.654. The van der Waals surface area contributed by atoms with Crippen molar-refractivity contribution >= 4 is 5.97 Å². The van der Waals surface area contributed by atoms with E-state index in [2.05, 4.69) is 5.48 Å². The highest BCUT2D eigenvalue weighted by molar-refractivity contribution is 5.69. The van der Waals surface area contributed by atoms with E-state index in [1.54, 1.807) is 6.92 Å². The molecule has 0 radical (unpaired) electrons. The molecule has 0 heterocycles. The number of ether oxygens (including phenoxy) is 1. The first-order chi connectivity index (χ1) is 5.95. The van der Waals surface area contributed by atoms with Crippen LogP contribution in [0.1, 0.15) is 34.1 Å². The van der Waals surface area contributed by atoms with Gasteiger partial charge in [0.15, 0.2) is 0 Å². The first kappa shape index (κ1) is 12.4. The Hall–Kier alpha value is -0.610. The molecular weight excluding hydrogens is 170 g/mol. The summed E-state index contributed by atoms with van der Waals surface area (Å²) in [5.74, 6) is -0.201. The molecule has 0 aliphatic rings. The van der Waals surface area contributed by atoms with Gasteiger partial charge in [0.05, 0.1) is 18.6 Å². The smallest absolute Gasteiger partial charge is 0.307 e. The molecule has 78 valence electrons. The van der Waals surface area contributed by atoms with Gasteiger partial charge in [-0.2, -0.15) is 0 Å². The normalized spacial score (nSPS) is 11.4. The zero-order valence-electron chi connectivity index (χ0n) is 8.85. The summed E-state index contributed by atoms with van der Waals surface area (Å²) in [6.07, 6.45) is 0.337. The van der Waals surface area contributed by atoms with Gasteiger partial charge in [-0.1, -0.05) is 0 Å². The number of hydrogen-bond acceptors (Lipinski definition) is 4. The van der Waals surface area contributed by atoms with Crippen molar-refractivity contribution in [1.82, 2.24) is 5.48 Å². The van der Waals surface area contributed by atoms with Gasteiger partial charge < -0.3 is 4.74 Å². The summed E-state index contributed by atoms with van der Waals surface area (Å²) in [6, 6.07) is 0. The Balaban J connectivity index is 3.31. The first-order valence-electron chi connectivity index (χ1n) is 4.52. The second-order valence-corrected chi connectivity index (χ2v) is 3.66. The van der Waals surface area contributed by atoms with Crippen LogP contribution in [0.4, 0.5) is 0 Å². The van der Waals surface area contributed by atoms with E-state index in [9.17, 15) is 4.79 Å². The monoisotopic (exact) mass is 189 g/mol. The van der Waals surface area contributed by atoms with E-state index in [0.29, 0.717) is 19.6 Å². The molecule has 0 bridgehead atoms. The number of carbonyl (C=O) groups is 1. The quantitative estimate of drug-likeness (QED) is 0.402. The zero-order valence-corrected chi connectivity index (χ0v) is 8.85. The highest BCUT2D eigenvalue weighted by Crippen LogP contribution is 2.03. The molecule has 0 rings (SSSR count). The second kappa shape index (κ2) is 5.94. The molecule has 4 nitrogen and oxygen atoms in total. The van der Waals surface area contributed by atoms with Crippen LogP contribution in [0.25, 0.3) is 0 Å². The summed E-state index contributed by atoms with van der Waals surface area (Å²) in [7, 11) is 0. The number of hydrogen-bond donors (Lipinski definition) is 1. The maximum absolute atomic E-state index is 10.8. The van der Waals surface area contributed by atoms with Crippen LogP contribution >= 0.6 is 0 Å². The zero-order chi connectivity index (χ0) is 10.3. The molecule has 0 saturated carbocycles. The molecule has 1 N–H and O–H groups in total. The average molecular weight is 189 g/mol. The lowest BCUT2D eigenvalue weighted by atomic mass is 10.2. The lowest BCUT2D eigenvalue weighted by molar-refractivity contribution is -0.144. The van der Waals surface area contributed by atoms with Crippen LogP contribution in [0.5, 0.6) is 0 Å². The van der Waals surface area contributed by atoms with Crippen molar-refractivity contribution in [3.05, 3.63) is 0 Å². The van der Waals surface area contributed by atoms with Crippen LogP contribution in [0.2, 0.25) is 0 Å². The number of carbonyl (C=O) groups excluding carboxylic acids is 1. The molecule has 4 heteroatoms. The molecule has 0 aromatic rings. The third-order valence-corrected chi connectivity index (χ3v) is 1.11. The van der Waals surface area contributed by atoms with E-state index in [1.807, 2.05) is 20.8 Å². The molecule has 0 aromatic heterocycles. The van der Waals surface area contributed by atoms with Crippen LogP contribution in [-0.4, -0.2) is 24.7 Å². The Labute approximate surface area is 79.6 Å². The van der Waals surface area contributed by atoms with Crippen LogP contribution < -0.4 is 5.48 Å². The van der Waals surface area contributed by atoms with Crippen LogP contribution in [0.15, 0.2) is 0 Å². The van der Waals surface area contributed by atoms with Gasteiger partial charge in [-0.05, 0) is 27.7 Å². The van der Waals surface area contributed by atoms with Gasteiger partial charge in [0.2, 0.25) is 0 Å². The lowest BCUT2D eigenvalue weighted by Gasteiger charge is -2.18. The summed E-state index contributed by atoms with van der Waals surface area (Å²) in [5, 5.41) is 0. The Kier molecular flexibility index (Phi) is 5.66. The van der Waals surface area contributed by atoms with Crippen molar-refractivity contribution < 1.29 is 14.4 Å². The van der Waals surface area contributed by atoms with Crippen molar-refractivity contribution in [2.24, 2.45) is 0 Å². The average Bonchev–Trinajstić information content (AvgIpc) is 1.97.